The molecule has 1 aromatic rings. The van der Waals surface area contributed by atoms with Crippen LogP contribution in [0.3, 0.4) is 0 Å². The number of ether oxygens (including phenoxy) is 1. The lowest BCUT2D eigenvalue weighted by molar-refractivity contribution is 0.414. The van der Waals surface area contributed by atoms with Gasteiger partial charge in [-0.1, -0.05) is 12.1 Å². The minimum atomic E-state index is -3.16. The van der Waals surface area contributed by atoms with Crippen LogP contribution in [0.25, 0.3) is 0 Å². The quantitative estimate of drug-likeness (QED) is 0.219. The van der Waals surface area contributed by atoms with Gasteiger partial charge in [-0.15, -0.1) is 24.0 Å². The van der Waals surface area contributed by atoms with Crippen LogP contribution in [0.4, 0.5) is 0 Å². The van der Waals surface area contributed by atoms with Gasteiger partial charge in [0.2, 0.25) is 10.0 Å². The van der Waals surface area contributed by atoms with Gasteiger partial charge in [0.05, 0.1) is 19.4 Å². The molecule has 0 aromatic heterocycles. The molecule has 1 aromatic carbocycles. The summed E-state index contributed by atoms with van der Waals surface area (Å²) in [7, 11) is -1.53. The summed E-state index contributed by atoms with van der Waals surface area (Å²) in [6.45, 7) is 5.60. The van der Waals surface area contributed by atoms with E-state index in [1.54, 1.807) is 14.0 Å². The maximum atomic E-state index is 11.3. The molecule has 0 radical (unpaired) electrons. The Balaban J connectivity index is 0.00000529. The van der Waals surface area contributed by atoms with E-state index in [-0.39, 0.29) is 29.7 Å². The molecule has 0 aliphatic rings. The predicted octanol–water partition coefficient (Wildman–Crippen LogP) is 1.31. The van der Waals surface area contributed by atoms with Crippen molar-refractivity contribution in [2.45, 2.75) is 20.4 Å². The van der Waals surface area contributed by atoms with Crippen molar-refractivity contribution in [1.29, 1.82) is 0 Å². The molecule has 138 valence electrons. The van der Waals surface area contributed by atoms with Crippen molar-refractivity contribution in [3.8, 4) is 5.75 Å². The normalized spacial score (nSPS) is 11.5. The average Bonchev–Trinajstić information content (AvgIpc) is 2.56. The molecule has 0 unspecified atom stereocenters. The van der Waals surface area contributed by atoms with Crippen LogP contribution in [0, 0.1) is 0 Å². The maximum absolute atomic E-state index is 11.3. The fourth-order valence-corrected chi connectivity index (χ4v) is 2.39. The van der Waals surface area contributed by atoms with Crippen LogP contribution in [0.1, 0.15) is 19.4 Å². The van der Waals surface area contributed by atoms with Crippen LogP contribution in [0.2, 0.25) is 0 Å². The third-order valence-electron chi connectivity index (χ3n) is 3.02. The molecule has 1 rings (SSSR count). The molecular formula is C15H27IN4O3S. The van der Waals surface area contributed by atoms with E-state index in [4.69, 9.17) is 4.74 Å². The van der Waals surface area contributed by atoms with Gasteiger partial charge in [0.25, 0.3) is 0 Å². The monoisotopic (exact) mass is 470 g/mol. The molecule has 0 amide bonds. The van der Waals surface area contributed by atoms with Crippen LogP contribution >= 0.6 is 24.0 Å². The molecule has 9 heteroatoms. The highest BCUT2D eigenvalue weighted by atomic mass is 127. The third-order valence-corrected chi connectivity index (χ3v) is 4.42. The van der Waals surface area contributed by atoms with E-state index in [0.717, 1.165) is 17.9 Å². The van der Waals surface area contributed by atoms with E-state index in [9.17, 15) is 8.42 Å². The first-order valence-electron chi connectivity index (χ1n) is 7.63. The Morgan fingerprint density at radius 2 is 1.96 bits per heavy atom. The molecule has 0 bridgehead atoms. The number of hydrogen-bond acceptors (Lipinski definition) is 4. The molecule has 0 heterocycles. The molecule has 0 atom stereocenters. The zero-order valence-corrected chi connectivity index (χ0v) is 17.5. The molecule has 3 N–H and O–H groups in total. The summed E-state index contributed by atoms with van der Waals surface area (Å²) in [6, 6.07) is 7.72. The van der Waals surface area contributed by atoms with Crippen molar-refractivity contribution in [2.75, 3.05) is 32.5 Å². The highest BCUT2D eigenvalue weighted by Crippen LogP contribution is 2.12. The zero-order valence-electron chi connectivity index (χ0n) is 14.3. The number of rotatable bonds is 9. The molecule has 0 fully saturated rings. The standard InChI is InChI=1S/C15H26N4O3S.HI/c1-4-16-15(17-9-10-19-23(20,21)5-2)18-12-13-7-6-8-14(11-13)22-3;/h6-8,11,19H,4-5,9-10,12H2,1-3H3,(H2,16,17,18);1H. The van der Waals surface area contributed by atoms with Gasteiger partial charge in [-0.3, -0.25) is 0 Å². The number of guanidine groups is 1. The maximum Gasteiger partial charge on any atom is 0.211 e. The Kier molecular flexibility index (Phi) is 11.8. The second-order valence-corrected chi connectivity index (χ2v) is 6.87. The predicted molar refractivity (Wildman–Crippen MR) is 109 cm³/mol. The van der Waals surface area contributed by atoms with E-state index in [1.165, 1.54) is 0 Å². The van der Waals surface area contributed by atoms with Crippen molar-refractivity contribution < 1.29 is 13.2 Å². The molecular weight excluding hydrogens is 443 g/mol. The second kappa shape index (κ2) is 12.3. The van der Waals surface area contributed by atoms with Crippen LogP contribution < -0.4 is 20.1 Å². The number of nitrogens with zero attached hydrogens (tertiary/aromatic N) is 1. The van der Waals surface area contributed by atoms with Crippen LogP contribution in [0.15, 0.2) is 29.3 Å². The lowest BCUT2D eigenvalue weighted by Crippen LogP contribution is -2.41. The Hall–Kier alpha value is -1.07. The van der Waals surface area contributed by atoms with Crippen molar-refractivity contribution in [2.24, 2.45) is 4.99 Å². The first-order valence-corrected chi connectivity index (χ1v) is 9.28. The van der Waals surface area contributed by atoms with Gasteiger partial charge in [-0.25, -0.2) is 18.1 Å². The van der Waals surface area contributed by atoms with Crippen molar-refractivity contribution in [3.05, 3.63) is 29.8 Å². The second-order valence-electron chi connectivity index (χ2n) is 4.77. The zero-order chi connectivity index (χ0) is 17.1. The van der Waals surface area contributed by atoms with Crippen molar-refractivity contribution >= 4 is 40.0 Å². The molecule has 0 saturated heterocycles. The summed E-state index contributed by atoms with van der Waals surface area (Å²) in [6.07, 6.45) is 0. The van der Waals surface area contributed by atoms with E-state index >= 15 is 0 Å². The average molecular weight is 470 g/mol. The molecule has 0 spiro atoms. The van der Waals surface area contributed by atoms with Crippen molar-refractivity contribution in [3.63, 3.8) is 0 Å². The Labute approximate surface area is 161 Å². The van der Waals surface area contributed by atoms with Gasteiger partial charge >= 0.3 is 0 Å². The van der Waals surface area contributed by atoms with E-state index in [2.05, 4.69) is 20.3 Å². The largest absolute Gasteiger partial charge is 0.497 e. The fourth-order valence-electron chi connectivity index (χ4n) is 1.77. The minimum Gasteiger partial charge on any atom is -0.497 e. The molecule has 24 heavy (non-hydrogen) atoms. The first-order chi connectivity index (χ1) is 11.0. The van der Waals surface area contributed by atoms with E-state index in [0.29, 0.717) is 25.6 Å². The third kappa shape index (κ3) is 9.28. The van der Waals surface area contributed by atoms with Gasteiger partial charge in [-0.2, -0.15) is 0 Å². The van der Waals surface area contributed by atoms with Gasteiger partial charge in [0, 0.05) is 19.6 Å². The number of methoxy groups -OCH3 is 1. The minimum absolute atomic E-state index is 0. The number of benzene rings is 1. The Morgan fingerprint density at radius 3 is 2.58 bits per heavy atom. The van der Waals surface area contributed by atoms with Gasteiger partial charge in [0.15, 0.2) is 5.96 Å². The number of hydrogen-bond donors (Lipinski definition) is 3. The number of sulfonamides is 1. The summed E-state index contributed by atoms with van der Waals surface area (Å²) in [5.41, 5.74) is 1.04. The summed E-state index contributed by atoms with van der Waals surface area (Å²) in [5, 5.41) is 6.22. The molecule has 0 aliphatic heterocycles. The highest BCUT2D eigenvalue weighted by molar-refractivity contribution is 14.0. The van der Waals surface area contributed by atoms with E-state index < -0.39 is 10.0 Å². The van der Waals surface area contributed by atoms with Gasteiger partial charge < -0.3 is 15.4 Å². The molecule has 0 saturated carbocycles. The molecule has 0 aliphatic carbocycles. The summed E-state index contributed by atoms with van der Waals surface area (Å²) < 4.78 is 30.4. The lowest BCUT2D eigenvalue weighted by atomic mass is 10.2. The molecule has 7 nitrogen and oxygen atoms in total. The SMILES string of the molecule is CCNC(=NCc1cccc(OC)c1)NCCNS(=O)(=O)CC.I. The van der Waals surface area contributed by atoms with Crippen LogP contribution in [-0.4, -0.2) is 46.9 Å². The smallest absolute Gasteiger partial charge is 0.211 e. The Bertz CT molecular complexity index is 608. The number of halogens is 1. The van der Waals surface area contributed by atoms with Crippen LogP contribution in [0.5, 0.6) is 5.75 Å². The highest BCUT2D eigenvalue weighted by Gasteiger charge is 2.05. The number of nitrogens with one attached hydrogen (secondary N) is 3. The summed E-state index contributed by atoms with van der Waals surface area (Å²) >= 11 is 0. The fraction of sp³-hybridized carbons (Fsp3) is 0.533. The van der Waals surface area contributed by atoms with Crippen molar-refractivity contribution in [1.82, 2.24) is 15.4 Å². The van der Waals surface area contributed by atoms with Crippen LogP contribution in [-0.2, 0) is 16.6 Å². The lowest BCUT2D eigenvalue weighted by Gasteiger charge is -2.12. The topological polar surface area (TPSA) is 91.8 Å². The number of aliphatic imine (C=N–C) groups is 1. The van der Waals surface area contributed by atoms with Gasteiger partial charge in [-0.05, 0) is 31.5 Å². The first kappa shape index (κ1) is 22.9. The van der Waals surface area contributed by atoms with Gasteiger partial charge in [0.1, 0.15) is 5.75 Å². The Morgan fingerprint density at radius 1 is 1.21 bits per heavy atom. The summed E-state index contributed by atoms with van der Waals surface area (Å²) in [4.78, 5) is 4.47. The van der Waals surface area contributed by atoms with E-state index in [1.807, 2.05) is 31.2 Å². The summed E-state index contributed by atoms with van der Waals surface area (Å²) in [5.74, 6) is 1.52.